The third-order valence-corrected chi connectivity index (χ3v) is 3.62. The van der Waals surface area contributed by atoms with Crippen LogP contribution in [0.4, 0.5) is 0 Å². The molecule has 0 radical (unpaired) electrons. The summed E-state index contributed by atoms with van der Waals surface area (Å²) in [5.41, 5.74) is 2.43. The van der Waals surface area contributed by atoms with Gasteiger partial charge in [0.25, 0.3) is 5.91 Å². The fraction of sp³-hybridized carbons (Fsp3) is 0.389. The molecule has 6 heteroatoms. The van der Waals surface area contributed by atoms with Crippen LogP contribution in [0.3, 0.4) is 0 Å². The van der Waals surface area contributed by atoms with Crippen LogP contribution in [0.5, 0.6) is 0 Å². The maximum Gasteiger partial charge on any atom is 0.340 e. The number of amides is 1. The molecule has 2 rings (SSSR count). The second-order valence-corrected chi connectivity index (χ2v) is 5.43. The predicted octanol–water partition coefficient (Wildman–Crippen LogP) is 2.37. The first-order chi connectivity index (χ1) is 11.6. The number of carbonyl (C=O) groups excluding carboxylic acids is 2. The number of nitrogens with one attached hydrogen (secondary N) is 1. The van der Waals surface area contributed by atoms with Crippen LogP contribution in [-0.2, 0) is 20.9 Å². The molecule has 24 heavy (non-hydrogen) atoms. The second-order valence-electron chi connectivity index (χ2n) is 5.43. The van der Waals surface area contributed by atoms with Gasteiger partial charge in [0.1, 0.15) is 0 Å². The Kier molecular flexibility index (Phi) is 6.26. The Bertz CT molecular complexity index is 743. The Morgan fingerprint density at radius 3 is 2.71 bits per heavy atom. The van der Waals surface area contributed by atoms with Gasteiger partial charge < -0.3 is 14.8 Å². The maximum atomic E-state index is 12.5. The Labute approximate surface area is 141 Å². The number of hydrogen-bond acceptors (Lipinski definition) is 5. The van der Waals surface area contributed by atoms with Crippen molar-refractivity contribution in [2.24, 2.45) is 0 Å². The molecule has 0 aliphatic carbocycles. The van der Waals surface area contributed by atoms with Crippen LogP contribution in [0.2, 0.25) is 0 Å². The van der Waals surface area contributed by atoms with E-state index < -0.39 is 5.97 Å². The number of fused-ring (bicyclic) bond motifs is 1. The lowest BCUT2D eigenvalue weighted by Gasteiger charge is -2.13. The highest BCUT2D eigenvalue weighted by Gasteiger charge is 2.20. The molecular weight excluding hydrogens is 308 g/mol. The smallest absolute Gasteiger partial charge is 0.340 e. The summed E-state index contributed by atoms with van der Waals surface area (Å²) in [7, 11) is 1.54. The summed E-state index contributed by atoms with van der Waals surface area (Å²) < 4.78 is 10.3. The lowest BCUT2D eigenvalue weighted by atomic mass is 10.0. The molecule has 1 heterocycles. The normalized spacial score (nSPS) is 10.6. The van der Waals surface area contributed by atoms with Crippen molar-refractivity contribution in [3.05, 3.63) is 41.1 Å². The van der Waals surface area contributed by atoms with Gasteiger partial charge in [-0.2, -0.15) is 0 Å². The number of esters is 1. The van der Waals surface area contributed by atoms with Crippen molar-refractivity contribution in [3.63, 3.8) is 0 Å². The summed E-state index contributed by atoms with van der Waals surface area (Å²) in [4.78, 5) is 28.6. The Morgan fingerprint density at radius 1 is 1.25 bits per heavy atom. The van der Waals surface area contributed by atoms with Crippen LogP contribution in [0, 0.1) is 6.92 Å². The van der Waals surface area contributed by atoms with Gasteiger partial charge in [-0.1, -0.05) is 25.1 Å². The number of aromatic nitrogens is 1. The standard InChI is InChI=1S/C18H22N2O4/c1-4-9-19-16(21)11-24-18(22)17-12(2)13-7-5-6-8-14(13)20-15(17)10-23-3/h5-8H,4,9-11H2,1-3H3,(H,19,21). The molecule has 0 aliphatic heterocycles. The molecular formula is C18H22N2O4. The predicted molar refractivity (Wildman–Crippen MR) is 90.8 cm³/mol. The van der Waals surface area contributed by atoms with Crippen LogP contribution in [-0.4, -0.2) is 37.1 Å². The average molecular weight is 330 g/mol. The monoisotopic (exact) mass is 330 g/mol. The van der Waals surface area contributed by atoms with Crippen molar-refractivity contribution in [2.75, 3.05) is 20.3 Å². The van der Waals surface area contributed by atoms with Gasteiger partial charge in [-0.25, -0.2) is 9.78 Å². The molecule has 0 unspecified atom stereocenters. The summed E-state index contributed by atoms with van der Waals surface area (Å²) in [6, 6.07) is 7.56. The van der Waals surface area contributed by atoms with E-state index in [0.717, 1.165) is 22.9 Å². The number of benzene rings is 1. The number of methoxy groups -OCH3 is 1. The van der Waals surface area contributed by atoms with E-state index in [1.165, 1.54) is 0 Å². The summed E-state index contributed by atoms with van der Waals surface area (Å²) >= 11 is 0. The highest BCUT2D eigenvalue weighted by molar-refractivity contribution is 5.99. The number of pyridine rings is 1. The van der Waals surface area contributed by atoms with E-state index in [1.54, 1.807) is 7.11 Å². The fourth-order valence-corrected chi connectivity index (χ4v) is 2.47. The van der Waals surface area contributed by atoms with Crippen LogP contribution >= 0.6 is 0 Å². The molecule has 1 aromatic heterocycles. The van der Waals surface area contributed by atoms with E-state index in [9.17, 15) is 9.59 Å². The fourth-order valence-electron chi connectivity index (χ4n) is 2.47. The SMILES string of the molecule is CCCNC(=O)COC(=O)c1c(COC)nc2ccccc2c1C. The minimum atomic E-state index is -0.565. The molecule has 0 saturated carbocycles. The van der Waals surface area contributed by atoms with Crippen LogP contribution in [0.15, 0.2) is 24.3 Å². The number of hydrogen-bond donors (Lipinski definition) is 1. The van der Waals surface area contributed by atoms with Crippen LogP contribution < -0.4 is 5.32 Å². The zero-order valence-corrected chi connectivity index (χ0v) is 14.2. The third kappa shape index (κ3) is 4.08. The molecule has 1 aromatic carbocycles. The molecule has 0 atom stereocenters. The molecule has 0 fully saturated rings. The van der Waals surface area contributed by atoms with Gasteiger partial charge in [0.05, 0.1) is 23.4 Å². The quantitative estimate of drug-likeness (QED) is 0.789. The number of carbonyl (C=O) groups is 2. The highest BCUT2D eigenvalue weighted by atomic mass is 16.5. The Hall–Kier alpha value is -2.47. The minimum Gasteiger partial charge on any atom is -0.452 e. The molecule has 128 valence electrons. The minimum absolute atomic E-state index is 0.193. The maximum absolute atomic E-state index is 12.5. The number of rotatable bonds is 7. The molecule has 0 bridgehead atoms. The van der Waals surface area contributed by atoms with E-state index in [0.29, 0.717) is 17.8 Å². The van der Waals surface area contributed by atoms with Gasteiger partial charge in [-0.15, -0.1) is 0 Å². The number of aryl methyl sites for hydroxylation is 1. The molecule has 1 N–H and O–H groups in total. The molecule has 0 spiro atoms. The molecule has 1 amide bonds. The second kappa shape index (κ2) is 8.40. The van der Waals surface area contributed by atoms with Gasteiger partial charge in [0, 0.05) is 19.0 Å². The van der Waals surface area contributed by atoms with Crippen molar-refractivity contribution in [2.45, 2.75) is 26.9 Å². The lowest BCUT2D eigenvalue weighted by Crippen LogP contribution is -2.29. The number of ether oxygens (including phenoxy) is 2. The topological polar surface area (TPSA) is 77.5 Å². The van der Waals surface area contributed by atoms with Crippen LogP contribution in [0.1, 0.15) is 35.0 Å². The van der Waals surface area contributed by atoms with Gasteiger partial charge in [-0.05, 0) is 25.0 Å². The molecule has 6 nitrogen and oxygen atoms in total. The van der Waals surface area contributed by atoms with Crippen molar-refractivity contribution in [1.82, 2.24) is 10.3 Å². The first-order valence-electron chi connectivity index (χ1n) is 7.89. The molecule has 0 saturated heterocycles. The van der Waals surface area contributed by atoms with Crippen molar-refractivity contribution in [1.29, 1.82) is 0 Å². The Morgan fingerprint density at radius 2 is 2.00 bits per heavy atom. The van der Waals surface area contributed by atoms with Gasteiger partial charge in [-0.3, -0.25) is 4.79 Å². The average Bonchev–Trinajstić information content (AvgIpc) is 2.58. The van der Waals surface area contributed by atoms with Crippen LogP contribution in [0.25, 0.3) is 10.9 Å². The Balaban J connectivity index is 2.28. The number of nitrogens with zero attached hydrogens (tertiary/aromatic N) is 1. The zero-order valence-electron chi connectivity index (χ0n) is 14.2. The van der Waals surface area contributed by atoms with Gasteiger partial charge in [0.15, 0.2) is 6.61 Å². The van der Waals surface area contributed by atoms with Crippen molar-refractivity contribution >= 4 is 22.8 Å². The van der Waals surface area contributed by atoms with Crippen molar-refractivity contribution in [3.8, 4) is 0 Å². The first-order valence-corrected chi connectivity index (χ1v) is 7.89. The highest BCUT2D eigenvalue weighted by Crippen LogP contribution is 2.24. The molecule has 2 aromatic rings. The summed E-state index contributed by atoms with van der Waals surface area (Å²) in [6.45, 7) is 4.24. The third-order valence-electron chi connectivity index (χ3n) is 3.62. The van der Waals surface area contributed by atoms with Crippen molar-refractivity contribution < 1.29 is 19.1 Å². The van der Waals surface area contributed by atoms with E-state index in [4.69, 9.17) is 9.47 Å². The first kappa shape index (κ1) is 17.9. The van der Waals surface area contributed by atoms with E-state index >= 15 is 0 Å². The van der Waals surface area contributed by atoms with Gasteiger partial charge in [0.2, 0.25) is 0 Å². The summed E-state index contributed by atoms with van der Waals surface area (Å²) in [5, 5.41) is 3.54. The number of para-hydroxylation sites is 1. The lowest BCUT2D eigenvalue weighted by molar-refractivity contribution is -0.124. The largest absolute Gasteiger partial charge is 0.452 e. The van der Waals surface area contributed by atoms with E-state index in [-0.39, 0.29) is 19.1 Å². The van der Waals surface area contributed by atoms with Gasteiger partial charge >= 0.3 is 5.97 Å². The zero-order chi connectivity index (χ0) is 17.5. The van der Waals surface area contributed by atoms with E-state index in [2.05, 4.69) is 10.3 Å². The van der Waals surface area contributed by atoms with E-state index in [1.807, 2.05) is 38.1 Å². The summed E-state index contributed by atoms with van der Waals surface area (Å²) in [6.07, 6.45) is 0.825. The summed E-state index contributed by atoms with van der Waals surface area (Å²) in [5.74, 6) is -0.880. The molecule has 0 aliphatic rings.